The second-order valence-corrected chi connectivity index (χ2v) is 8.70. The lowest BCUT2D eigenvalue weighted by molar-refractivity contribution is -0.385. The molecular weight excluding hydrogens is 449 g/mol. The molecule has 1 aromatic carbocycles. The lowest BCUT2D eigenvalue weighted by Gasteiger charge is -2.27. The second kappa shape index (κ2) is 8.96. The molecule has 1 saturated carbocycles. The number of carbonyl (C=O) groups is 1. The van der Waals surface area contributed by atoms with Gasteiger partial charge in [-0.15, -0.1) is 10.2 Å². The highest BCUT2D eigenvalue weighted by molar-refractivity contribution is 7.99. The number of thioether (sulfide) groups is 1. The summed E-state index contributed by atoms with van der Waals surface area (Å²) in [4.78, 5) is 24.5. The molecule has 0 bridgehead atoms. The Bertz CT molecular complexity index is 1020. The molecule has 2 aromatic rings. The summed E-state index contributed by atoms with van der Waals surface area (Å²) in [5, 5.41) is 22.1. The quantitative estimate of drug-likeness (QED) is 0.366. The minimum absolute atomic E-state index is 0.168. The summed E-state index contributed by atoms with van der Waals surface area (Å²) in [6.45, 7) is 1.80. The maximum absolute atomic E-state index is 13.3. The van der Waals surface area contributed by atoms with Crippen molar-refractivity contribution in [3.05, 3.63) is 33.9 Å². The SMILES string of the molecule is O=C(CSc1nnc(N2CCCCC2)n1C1CC1)Nc1ccc([N+](=O)[O-])cc1C(F)(F)F. The number of anilines is 2. The number of hydrogen-bond acceptors (Lipinski definition) is 7. The number of carbonyl (C=O) groups excluding carboxylic acids is 1. The van der Waals surface area contributed by atoms with Crippen molar-refractivity contribution in [1.29, 1.82) is 0 Å². The van der Waals surface area contributed by atoms with E-state index in [0.29, 0.717) is 11.2 Å². The number of halogens is 3. The molecule has 1 aliphatic heterocycles. The van der Waals surface area contributed by atoms with Crippen LogP contribution in [-0.4, -0.2) is 44.4 Å². The van der Waals surface area contributed by atoms with E-state index in [0.717, 1.165) is 68.6 Å². The van der Waals surface area contributed by atoms with Gasteiger partial charge < -0.3 is 10.2 Å². The molecule has 2 aliphatic rings. The molecule has 1 amide bonds. The van der Waals surface area contributed by atoms with Gasteiger partial charge in [-0.1, -0.05) is 11.8 Å². The first-order valence-corrected chi connectivity index (χ1v) is 11.2. The predicted molar refractivity (Wildman–Crippen MR) is 112 cm³/mol. The van der Waals surface area contributed by atoms with Crippen LogP contribution in [0.5, 0.6) is 0 Å². The Labute approximate surface area is 185 Å². The molecule has 1 N–H and O–H groups in total. The van der Waals surface area contributed by atoms with Gasteiger partial charge in [-0.2, -0.15) is 13.2 Å². The molecule has 0 spiro atoms. The fourth-order valence-corrected chi connectivity index (χ4v) is 4.44. The third kappa shape index (κ3) is 4.97. The smallest absolute Gasteiger partial charge is 0.341 e. The van der Waals surface area contributed by atoms with E-state index in [-0.39, 0.29) is 11.8 Å². The number of non-ortho nitro benzene ring substituents is 1. The van der Waals surface area contributed by atoms with Crippen LogP contribution in [0.25, 0.3) is 0 Å². The molecule has 9 nitrogen and oxygen atoms in total. The number of piperidine rings is 1. The molecule has 1 aromatic heterocycles. The van der Waals surface area contributed by atoms with Crippen molar-refractivity contribution in [2.75, 3.05) is 29.1 Å². The van der Waals surface area contributed by atoms with Gasteiger partial charge in [0.05, 0.1) is 21.9 Å². The van der Waals surface area contributed by atoms with Gasteiger partial charge in [0, 0.05) is 31.3 Å². The summed E-state index contributed by atoms with van der Waals surface area (Å²) in [5.41, 5.74) is -2.49. The number of nitrogens with zero attached hydrogens (tertiary/aromatic N) is 5. The number of aromatic nitrogens is 3. The van der Waals surface area contributed by atoms with Gasteiger partial charge in [0.2, 0.25) is 11.9 Å². The average molecular weight is 470 g/mol. The van der Waals surface area contributed by atoms with Crippen LogP contribution in [0.1, 0.15) is 43.7 Å². The van der Waals surface area contributed by atoms with Crippen LogP contribution < -0.4 is 10.2 Å². The topological polar surface area (TPSA) is 106 Å². The van der Waals surface area contributed by atoms with Gasteiger partial charge in [-0.05, 0) is 38.2 Å². The van der Waals surface area contributed by atoms with Crippen LogP contribution in [0.15, 0.2) is 23.4 Å². The molecule has 0 atom stereocenters. The predicted octanol–water partition coefficient (Wildman–Crippen LogP) is 4.26. The third-order valence-corrected chi connectivity index (χ3v) is 6.27. The van der Waals surface area contributed by atoms with Crippen LogP contribution in [0, 0.1) is 10.1 Å². The Morgan fingerprint density at radius 2 is 1.94 bits per heavy atom. The molecule has 0 unspecified atom stereocenters. The summed E-state index contributed by atoms with van der Waals surface area (Å²) in [5.74, 6) is -0.0527. The zero-order valence-electron chi connectivity index (χ0n) is 17.0. The molecule has 0 radical (unpaired) electrons. The lowest BCUT2D eigenvalue weighted by atomic mass is 10.1. The number of amides is 1. The Morgan fingerprint density at radius 3 is 2.56 bits per heavy atom. The zero-order valence-corrected chi connectivity index (χ0v) is 17.8. The van der Waals surface area contributed by atoms with Crippen molar-refractivity contribution in [2.45, 2.75) is 49.5 Å². The minimum atomic E-state index is -4.85. The number of nitrogens with one attached hydrogen (secondary N) is 1. The van der Waals surface area contributed by atoms with Gasteiger partial charge in [0.15, 0.2) is 5.16 Å². The fourth-order valence-electron chi connectivity index (χ4n) is 3.64. The molecule has 2 fully saturated rings. The van der Waals surface area contributed by atoms with Crippen LogP contribution in [0.4, 0.5) is 30.5 Å². The van der Waals surface area contributed by atoms with Gasteiger partial charge in [-0.25, -0.2) is 0 Å². The van der Waals surface area contributed by atoms with E-state index in [1.807, 2.05) is 4.57 Å². The van der Waals surface area contributed by atoms with Crippen LogP contribution in [0.2, 0.25) is 0 Å². The van der Waals surface area contributed by atoms with E-state index >= 15 is 0 Å². The first kappa shape index (κ1) is 22.4. The Kier molecular flexibility index (Phi) is 6.26. The van der Waals surface area contributed by atoms with E-state index in [4.69, 9.17) is 0 Å². The largest absolute Gasteiger partial charge is 0.418 e. The summed E-state index contributed by atoms with van der Waals surface area (Å²) in [7, 11) is 0. The molecule has 1 saturated heterocycles. The normalized spacial score (nSPS) is 16.8. The summed E-state index contributed by atoms with van der Waals surface area (Å²) < 4.78 is 42.0. The number of benzene rings is 1. The molecule has 2 heterocycles. The summed E-state index contributed by atoms with van der Waals surface area (Å²) >= 11 is 1.11. The van der Waals surface area contributed by atoms with Crippen LogP contribution in [-0.2, 0) is 11.0 Å². The van der Waals surface area contributed by atoms with Crippen molar-refractivity contribution in [3.63, 3.8) is 0 Å². The van der Waals surface area contributed by atoms with Crippen molar-refractivity contribution in [1.82, 2.24) is 14.8 Å². The zero-order chi connectivity index (χ0) is 22.9. The van der Waals surface area contributed by atoms with Crippen molar-refractivity contribution in [2.24, 2.45) is 0 Å². The van der Waals surface area contributed by atoms with E-state index < -0.39 is 33.9 Å². The first-order valence-electron chi connectivity index (χ1n) is 10.2. The van der Waals surface area contributed by atoms with E-state index in [2.05, 4.69) is 20.4 Å². The highest BCUT2D eigenvalue weighted by Gasteiger charge is 2.36. The monoisotopic (exact) mass is 470 g/mol. The number of nitro benzene ring substituents is 1. The third-order valence-electron chi connectivity index (χ3n) is 5.32. The van der Waals surface area contributed by atoms with E-state index in [1.54, 1.807) is 0 Å². The Morgan fingerprint density at radius 1 is 1.22 bits per heavy atom. The van der Waals surface area contributed by atoms with E-state index in [9.17, 15) is 28.1 Å². The average Bonchev–Trinajstić information content (AvgIpc) is 3.51. The number of alkyl halides is 3. The molecule has 4 rings (SSSR count). The Balaban J connectivity index is 1.46. The maximum Gasteiger partial charge on any atom is 0.418 e. The lowest BCUT2D eigenvalue weighted by Crippen LogP contribution is -2.32. The van der Waals surface area contributed by atoms with E-state index in [1.165, 1.54) is 6.42 Å². The molecular formula is C19H21F3N6O3S. The summed E-state index contributed by atoms with van der Waals surface area (Å²) in [6, 6.07) is 2.51. The molecule has 13 heteroatoms. The van der Waals surface area contributed by atoms with Crippen molar-refractivity contribution >= 4 is 35.0 Å². The highest BCUT2D eigenvalue weighted by Crippen LogP contribution is 2.41. The number of hydrogen-bond donors (Lipinski definition) is 1. The molecule has 172 valence electrons. The molecule has 32 heavy (non-hydrogen) atoms. The van der Waals surface area contributed by atoms with Gasteiger partial charge in [0.25, 0.3) is 5.69 Å². The maximum atomic E-state index is 13.3. The Hall–Kier alpha value is -2.83. The van der Waals surface area contributed by atoms with Crippen molar-refractivity contribution in [3.8, 4) is 0 Å². The first-order chi connectivity index (χ1) is 15.2. The van der Waals surface area contributed by atoms with Gasteiger partial charge >= 0.3 is 6.18 Å². The fraction of sp³-hybridized carbons (Fsp3) is 0.526. The highest BCUT2D eigenvalue weighted by atomic mass is 32.2. The number of nitro groups is 1. The van der Waals surface area contributed by atoms with Crippen LogP contribution >= 0.6 is 11.8 Å². The van der Waals surface area contributed by atoms with Gasteiger partial charge in [-0.3, -0.25) is 19.5 Å². The molecule has 1 aliphatic carbocycles. The van der Waals surface area contributed by atoms with Gasteiger partial charge in [0.1, 0.15) is 0 Å². The second-order valence-electron chi connectivity index (χ2n) is 7.75. The standard InChI is InChI=1S/C19H21F3N6O3S/c20-19(21,22)14-10-13(28(30)31)6-7-15(14)23-16(29)11-32-18-25-24-17(27(18)12-4-5-12)26-8-2-1-3-9-26/h6-7,10,12H,1-5,8-9,11H2,(H,23,29). The number of rotatable bonds is 7. The summed E-state index contributed by atoms with van der Waals surface area (Å²) in [6.07, 6.45) is 0.487. The van der Waals surface area contributed by atoms with Crippen molar-refractivity contribution < 1.29 is 22.9 Å². The van der Waals surface area contributed by atoms with Crippen LogP contribution in [0.3, 0.4) is 0 Å². The minimum Gasteiger partial charge on any atom is -0.341 e.